The van der Waals surface area contributed by atoms with Crippen LogP contribution in [0.5, 0.6) is 0 Å². The van der Waals surface area contributed by atoms with Gasteiger partial charge in [0.05, 0.1) is 5.69 Å². The average Bonchev–Trinajstić information content (AvgIpc) is 2.73. The van der Waals surface area contributed by atoms with Gasteiger partial charge in [0, 0.05) is 51.4 Å². The Bertz CT molecular complexity index is 432. The van der Waals surface area contributed by atoms with Crippen LogP contribution in [0.1, 0.15) is 31.5 Å². The molecule has 0 radical (unpaired) electrons. The van der Waals surface area contributed by atoms with E-state index in [0.717, 1.165) is 38.4 Å². The van der Waals surface area contributed by atoms with E-state index < -0.39 is 0 Å². The molecule has 0 aromatic carbocycles. The van der Waals surface area contributed by atoms with Crippen LogP contribution < -0.4 is 10.2 Å². The van der Waals surface area contributed by atoms with Gasteiger partial charge in [-0.3, -0.25) is 9.58 Å². The highest BCUT2D eigenvalue weighted by Gasteiger charge is 2.24. The molecule has 0 saturated carbocycles. The molecule has 1 unspecified atom stereocenters. The van der Waals surface area contributed by atoms with Gasteiger partial charge in [-0.15, -0.1) is 0 Å². The zero-order valence-corrected chi connectivity index (χ0v) is 13.6. The van der Waals surface area contributed by atoms with Crippen LogP contribution in [0, 0.1) is 6.92 Å². The van der Waals surface area contributed by atoms with Gasteiger partial charge in [-0.05, 0) is 27.3 Å². The number of hydrogen-bond donors (Lipinski definition) is 1. The second-order valence-electron chi connectivity index (χ2n) is 5.82. The van der Waals surface area contributed by atoms with Crippen LogP contribution in [0.2, 0.25) is 0 Å². The summed E-state index contributed by atoms with van der Waals surface area (Å²) in [6.45, 7) is 12.1. The monoisotopic (exact) mass is 279 g/mol. The van der Waals surface area contributed by atoms with E-state index in [1.54, 1.807) is 0 Å². The Morgan fingerprint density at radius 1 is 1.25 bits per heavy atom. The lowest BCUT2D eigenvalue weighted by molar-refractivity contribution is 0.192. The number of aryl methyl sites for hydroxylation is 2. The van der Waals surface area contributed by atoms with Crippen molar-refractivity contribution in [3.63, 3.8) is 0 Å². The fraction of sp³-hybridized carbons (Fsp3) is 0.800. The summed E-state index contributed by atoms with van der Waals surface area (Å²) in [7, 11) is 4.06. The highest BCUT2D eigenvalue weighted by atomic mass is 15.4. The largest absolute Gasteiger partial charge is 0.354 e. The van der Waals surface area contributed by atoms with E-state index in [1.807, 2.05) is 11.7 Å². The molecule has 2 heterocycles. The molecule has 0 bridgehead atoms. The van der Waals surface area contributed by atoms with Gasteiger partial charge in [0.2, 0.25) is 0 Å². The van der Waals surface area contributed by atoms with E-state index >= 15 is 0 Å². The zero-order valence-electron chi connectivity index (χ0n) is 13.6. The Labute approximate surface area is 122 Å². The summed E-state index contributed by atoms with van der Waals surface area (Å²) in [6.07, 6.45) is 1.23. The molecular weight excluding hydrogens is 250 g/mol. The summed E-state index contributed by atoms with van der Waals surface area (Å²) in [6, 6.07) is 0.696. The summed E-state index contributed by atoms with van der Waals surface area (Å²) in [5.41, 5.74) is 2.48. The highest BCUT2D eigenvalue weighted by molar-refractivity contribution is 5.50. The zero-order chi connectivity index (χ0) is 14.7. The maximum absolute atomic E-state index is 4.60. The molecule has 5 heteroatoms. The van der Waals surface area contributed by atoms with Crippen molar-refractivity contribution in [3.05, 3.63) is 11.3 Å². The predicted molar refractivity (Wildman–Crippen MR) is 84.2 cm³/mol. The van der Waals surface area contributed by atoms with E-state index in [-0.39, 0.29) is 0 Å². The van der Waals surface area contributed by atoms with Gasteiger partial charge in [-0.25, -0.2) is 0 Å². The first-order valence-electron chi connectivity index (χ1n) is 7.74. The molecule has 5 nitrogen and oxygen atoms in total. The fourth-order valence-electron chi connectivity index (χ4n) is 3.10. The van der Waals surface area contributed by atoms with Gasteiger partial charge >= 0.3 is 0 Å². The van der Waals surface area contributed by atoms with Gasteiger partial charge in [0.15, 0.2) is 0 Å². The minimum atomic E-state index is 0.696. The van der Waals surface area contributed by atoms with Crippen molar-refractivity contribution < 1.29 is 0 Å². The molecule has 1 fully saturated rings. The topological polar surface area (TPSA) is 36.3 Å². The Hall–Kier alpha value is -1.07. The molecule has 0 spiro atoms. The standard InChI is InChI=1S/C15H29N5/c1-6-12(2)19-7-9-20(10-8-19)15-14(11-16-4)13(3)17-18(15)5/h12,16H,6-11H2,1-5H3. The van der Waals surface area contributed by atoms with E-state index in [2.05, 4.69) is 48.0 Å². The summed E-state index contributed by atoms with van der Waals surface area (Å²) in [4.78, 5) is 5.09. The number of aromatic nitrogens is 2. The SMILES string of the molecule is CCC(C)N1CCN(c2c(CNC)c(C)nn2C)CC1. The number of anilines is 1. The van der Waals surface area contributed by atoms with E-state index in [4.69, 9.17) is 0 Å². The first-order valence-corrected chi connectivity index (χ1v) is 7.74. The number of rotatable bonds is 5. The lowest BCUT2D eigenvalue weighted by Crippen LogP contribution is -2.50. The van der Waals surface area contributed by atoms with E-state index in [0.29, 0.717) is 6.04 Å². The molecule has 0 aliphatic carbocycles. The van der Waals surface area contributed by atoms with Crippen molar-refractivity contribution >= 4 is 5.82 Å². The van der Waals surface area contributed by atoms with Crippen LogP contribution >= 0.6 is 0 Å². The van der Waals surface area contributed by atoms with Gasteiger partial charge in [-0.2, -0.15) is 5.10 Å². The molecule has 0 amide bonds. The van der Waals surface area contributed by atoms with Crippen LogP contribution in [-0.2, 0) is 13.6 Å². The molecule has 2 rings (SSSR count). The molecule has 1 aromatic heterocycles. The molecule has 1 saturated heterocycles. The lowest BCUT2D eigenvalue weighted by atomic mass is 10.1. The highest BCUT2D eigenvalue weighted by Crippen LogP contribution is 2.24. The Morgan fingerprint density at radius 2 is 1.90 bits per heavy atom. The van der Waals surface area contributed by atoms with Gasteiger partial charge in [0.1, 0.15) is 5.82 Å². The second-order valence-corrected chi connectivity index (χ2v) is 5.82. The molecular formula is C15H29N5. The van der Waals surface area contributed by atoms with Gasteiger partial charge < -0.3 is 10.2 Å². The molecule has 1 atom stereocenters. The summed E-state index contributed by atoms with van der Waals surface area (Å²) in [5, 5.41) is 7.86. The normalized spacial score (nSPS) is 18.6. The summed E-state index contributed by atoms with van der Waals surface area (Å²) < 4.78 is 2.04. The van der Waals surface area contributed by atoms with E-state index in [1.165, 1.54) is 17.8 Å². The minimum Gasteiger partial charge on any atom is -0.354 e. The van der Waals surface area contributed by atoms with Crippen molar-refractivity contribution in [1.29, 1.82) is 0 Å². The van der Waals surface area contributed by atoms with Crippen molar-refractivity contribution in [2.45, 2.75) is 39.8 Å². The third-order valence-electron chi connectivity index (χ3n) is 4.49. The van der Waals surface area contributed by atoms with Gasteiger partial charge in [-0.1, -0.05) is 6.92 Å². The van der Waals surface area contributed by atoms with Crippen molar-refractivity contribution in [2.24, 2.45) is 7.05 Å². The lowest BCUT2D eigenvalue weighted by Gasteiger charge is -2.39. The molecule has 1 aliphatic heterocycles. The van der Waals surface area contributed by atoms with Crippen LogP contribution in [0.15, 0.2) is 0 Å². The van der Waals surface area contributed by atoms with E-state index in [9.17, 15) is 0 Å². The molecule has 1 N–H and O–H groups in total. The molecule has 114 valence electrons. The quantitative estimate of drug-likeness (QED) is 0.883. The Kier molecular flexibility index (Phi) is 5.05. The maximum Gasteiger partial charge on any atom is 0.131 e. The number of nitrogens with zero attached hydrogens (tertiary/aromatic N) is 4. The van der Waals surface area contributed by atoms with Crippen molar-refractivity contribution in [3.8, 4) is 0 Å². The smallest absolute Gasteiger partial charge is 0.131 e. The molecule has 1 aromatic rings. The summed E-state index contributed by atoms with van der Waals surface area (Å²) in [5.74, 6) is 1.29. The number of piperazine rings is 1. The third-order valence-corrected chi connectivity index (χ3v) is 4.49. The molecule has 1 aliphatic rings. The maximum atomic E-state index is 4.60. The second kappa shape index (κ2) is 6.59. The predicted octanol–water partition coefficient (Wildman–Crippen LogP) is 1.37. The van der Waals surface area contributed by atoms with Gasteiger partial charge in [0.25, 0.3) is 0 Å². The Balaban J connectivity index is 2.10. The van der Waals surface area contributed by atoms with Crippen molar-refractivity contribution in [1.82, 2.24) is 20.0 Å². The first kappa shape index (κ1) is 15.3. The number of hydrogen-bond acceptors (Lipinski definition) is 4. The summed E-state index contributed by atoms with van der Waals surface area (Å²) >= 11 is 0. The van der Waals surface area contributed by atoms with Crippen LogP contribution in [0.4, 0.5) is 5.82 Å². The van der Waals surface area contributed by atoms with Crippen LogP contribution in [0.3, 0.4) is 0 Å². The average molecular weight is 279 g/mol. The minimum absolute atomic E-state index is 0.696. The number of nitrogens with one attached hydrogen (secondary N) is 1. The third kappa shape index (κ3) is 2.99. The molecule has 20 heavy (non-hydrogen) atoms. The fourth-order valence-corrected chi connectivity index (χ4v) is 3.10. The van der Waals surface area contributed by atoms with Crippen molar-refractivity contribution in [2.75, 3.05) is 38.1 Å². The first-order chi connectivity index (χ1) is 9.58. The Morgan fingerprint density at radius 3 is 2.45 bits per heavy atom. The van der Waals surface area contributed by atoms with Crippen LogP contribution in [-0.4, -0.2) is 53.9 Å². The van der Waals surface area contributed by atoms with Crippen LogP contribution in [0.25, 0.3) is 0 Å².